The zero-order valence-electron chi connectivity index (χ0n) is 7.51. The second kappa shape index (κ2) is 4.38. The number of para-hydroxylation sites is 1. The summed E-state index contributed by atoms with van der Waals surface area (Å²) in [7, 11) is 1.22. The molecule has 0 radical (unpaired) electrons. The highest BCUT2D eigenvalue weighted by atomic mass is 16.7. The van der Waals surface area contributed by atoms with E-state index in [0.29, 0.717) is 11.3 Å². The summed E-state index contributed by atoms with van der Waals surface area (Å²) in [6.45, 7) is 0. The van der Waals surface area contributed by atoms with Gasteiger partial charge in [-0.2, -0.15) is 5.06 Å². The number of rotatable bonds is 3. The summed E-state index contributed by atoms with van der Waals surface area (Å²) in [5.74, 6) is 0. The van der Waals surface area contributed by atoms with Crippen LogP contribution >= 0.6 is 0 Å². The smallest absolute Gasteiger partial charge is 0.436 e. The molecular formula is C9H9NO4. The molecule has 14 heavy (non-hydrogen) atoms. The largest absolute Gasteiger partial charge is 0.463 e. The molecular weight excluding hydrogens is 186 g/mol. The van der Waals surface area contributed by atoms with Crippen LogP contribution in [-0.4, -0.2) is 24.6 Å². The van der Waals surface area contributed by atoms with Gasteiger partial charge in [0.25, 0.3) is 0 Å². The number of aldehydes is 1. The van der Waals surface area contributed by atoms with E-state index in [4.69, 9.17) is 5.11 Å². The summed E-state index contributed by atoms with van der Waals surface area (Å²) in [5, 5.41) is 9.36. The van der Waals surface area contributed by atoms with E-state index in [1.165, 1.54) is 19.2 Å². The number of benzene rings is 1. The van der Waals surface area contributed by atoms with Gasteiger partial charge >= 0.3 is 6.09 Å². The van der Waals surface area contributed by atoms with E-state index in [9.17, 15) is 9.59 Å². The molecule has 0 heterocycles. The van der Waals surface area contributed by atoms with Crippen LogP contribution in [0.25, 0.3) is 0 Å². The predicted molar refractivity (Wildman–Crippen MR) is 49.3 cm³/mol. The van der Waals surface area contributed by atoms with E-state index in [1.54, 1.807) is 12.1 Å². The highest BCUT2D eigenvalue weighted by molar-refractivity contribution is 5.92. The SMILES string of the molecule is CON(C(=O)O)c1ccccc1C=O. The molecule has 0 saturated heterocycles. The van der Waals surface area contributed by atoms with Gasteiger partial charge in [-0.25, -0.2) is 4.79 Å². The fourth-order valence-electron chi connectivity index (χ4n) is 1.05. The van der Waals surface area contributed by atoms with Gasteiger partial charge in [0, 0.05) is 5.56 Å². The number of hydrogen-bond donors (Lipinski definition) is 1. The predicted octanol–water partition coefficient (Wildman–Crippen LogP) is 1.54. The molecule has 0 aliphatic carbocycles. The van der Waals surface area contributed by atoms with Gasteiger partial charge in [-0.05, 0) is 12.1 Å². The first-order valence-electron chi connectivity index (χ1n) is 3.82. The molecule has 0 aromatic heterocycles. The highest BCUT2D eigenvalue weighted by Crippen LogP contribution is 2.18. The average Bonchev–Trinajstić information content (AvgIpc) is 2.19. The molecule has 0 saturated carbocycles. The third kappa shape index (κ3) is 1.89. The number of carboxylic acid groups (broad SMARTS) is 1. The molecule has 0 bridgehead atoms. The Kier molecular flexibility index (Phi) is 3.19. The normalized spacial score (nSPS) is 9.50. The lowest BCUT2D eigenvalue weighted by atomic mass is 10.2. The Hall–Kier alpha value is -1.88. The maximum atomic E-state index is 10.7. The third-order valence-corrected chi connectivity index (χ3v) is 1.64. The van der Waals surface area contributed by atoms with Crippen LogP contribution in [-0.2, 0) is 4.84 Å². The monoisotopic (exact) mass is 195 g/mol. The molecule has 0 spiro atoms. The van der Waals surface area contributed by atoms with Crippen LogP contribution in [0, 0.1) is 0 Å². The Morgan fingerprint density at radius 1 is 1.50 bits per heavy atom. The Balaban J connectivity index is 3.15. The summed E-state index contributed by atoms with van der Waals surface area (Å²) in [6.07, 6.45) is -0.702. The fourth-order valence-corrected chi connectivity index (χ4v) is 1.05. The maximum Gasteiger partial charge on any atom is 0.436 e. The van der Waals surface area contributed by atoms with Crippen molar-refractivity contribution in [2.45, 2.75) is 0 Å². The lowest BCUT2D eigenvalue weighted by Gasteiger charge is -2.16. The molecule has 0 atom stereocenters. The van der Waals surface area contributed by atoms with E-state index < -0.39 is 6.09 Å². The lowest BCUT2D eigenvalue weighted by molar-refractivity contribution is 0.111. The third-order valence-electron chi connectivity index (χ3n) is 1.64. The van der Waals surface area contributed by atoms with Gasteiger partial charge in [-0.1, -0.05) is 12.1 Å². The molecule has 74 valence electrons. The Morgan fingerprint density at radius 2 is 2.14 bits per heavy atom. The van der Waals surface area contributed by atoms with Gasteiger partial charge in [0.2, 0.25) is 0 Å². The van der Waals surface area contributed by atoms with E-state index >= 15 is 0 Å². The number of carbonyl (C=O) groups is 2. The molecule has 0 aliphatic rings. The van der Waals surface area contributed by atoms with E-state index in [2.05, 4.69) is 4.84 Å². The van der Waals surface area contributed by atoms with Crippen molar-refractivity contribution in [2.75, 3.05) is 12.2 Å². The summed E-state index contributed by atoms with van der Waals surface area (Å²) in [4.78, 5) is 25.9. The Bertz CT molecular complexity index is 350. The van der Waals surface area contributed by atoms with Gasteiger partial charge in [0.05, 0.1) is 12.8 Å². The number of anilines is 1. The van der Waals surface area contributed by atoms with Gasteiger partial charge in [0.1, 0.15) is 0 Å². The molecule has 1 N–H and O–H groups in total. The molecule has 1 rings (SSSR count). The molecule has 0 aliphatic heterocycles. The summed E-state index contributed by atoms with van der Waals surface area (Å²) < 4.78 is 0. The molecule has 1 aromatic carbocycles. The Labute approximate surface area is 80.5 Å². The zero-order chi connectivity index (χ0) is 10.6. The van der Waals surface area contributed by atoms with Crippen molar-refractivity contribution in [3.8, 4) is 0 Å². The van der Waals surface area contributed by atoms with Gasteiger partial charge < -0.3 is 5.11 Å². The number of hydroxylamine groups is 1. The second-order valence-electron chi connectivity index (χ2n) is 2.44. The van der Waals surface area contributed by atoms with Crippen molar-refractivity contribution in [1.82, 2.24) is 0 Å². The van der Waals surface area contributed by atoms with Crippen molar-refractivity contribution in [2.24, 2.45) is 0 Å². The summed E-state index contributed by atoms with van der Waals surface area (Å²) >= 11 is 0. The van der Waals surface area contributed by atoms with Crippen LogP contribution in [0.2, 0.25) is 0 Å². The van der Waals surface area contributed by atoms with Gasteiger partial charge in [-0.3, -0.25) is 9.63 Å². The number of nitrogens with zero attached hydrogens (tertiary/aromatic N) is 1. The molecule has 0 unspecified atom stereocenters. The molecule has 5 nitrogen and oxygen atoms in total. The Morgan fingerprint density at radius 3 is 2.64 bits per heavy atom. The van der Waals surface area contributed by atoms with Crippen molar-refractivity contribution < 1.29 is 19.5 Å². The van der Waals surface area contributed by atoms with Crippen LogP contribution in [0.1, 0.15) is 10.4 Å². The topological polar surface area (TPSA) is 66.8 Å². The number of amides is 1. The van der Waals surface area contributed by atoms with Crippen molar-refractivity contribution in [3.63, 3.8) is 0 Å². The summed E-state index contributed by atoms with van der Waals surface area (Å²) in [5.41, 5.74) is 0.467. The van der Waals surface area contributed by atoms with Crippen molar-refractivity contribution >= 4 is 18.1 Å². The minimum atomic E-state index is -1.28. The van der Waals surface area contributed by atoms with Crippen LogP contribution < -0.4 is 5.06 Å². The lowest BCUT2D eigenvalue weighted by Crippen LogP contribution is -2.28. The molecule has 0 fully saturated rings. The number of carbonyl (C=O) groups excluding carboxylic acids is 1. The van der Waals surface area contributed by atoms with Crippen LogP contribution in [0.3, 0.4) is 0 Å². The average molecular weight is 195 g/mol. The van der Waals surface area contributed by atoms with Gasteiger partial charge in [-0.15, -0.1) is 0 Å². The first-order valence-corrected chi connectivity index (χ1v) is 3.82. The van der Waals surface area contributed by atoms with Crippen LogP contribution in [0.15, 0.2) is 24.3 Å². The zero-order valence-corrected chi connectivity index (χ0v) is 7.51. The first-order chi connectivity index (χ1) is 6.70. The molecule has 1 aromatic rings. The second-order valence-corrected chi connectivity index (χ2v) is 2.44. The fraction of sp³-hybridized carbons (Fsp3) is 0.111. The standard InChI is InChI=1S/C9H9NO4/c1-14-10(9(12)13)8-5-3-2-4-7(8)6-11/h2-6H,1H3,(H,12,13). The summed E-state index contributed by atoms with van der Waals surface area (Å²) in [6, 6.07) is 6.26. The van der Waals surface area contributed by atoms with Crippen LogP contribution in [0.5, 0.6) is 0 Å². The number of hydrogen-bond acceptors (Lipinski definition) is 3. The first kappa shape index (κ1) is 10.2. The van der Waals surface area contributed by atoms with Crippen molar-refractivity contribution in [3.05, 3.63) is 29.8 Å². The van der Waals surface area contributed by atoms with E-state index in [0.717, 1.165) is 0 Å². The van der Waals surface area contributed by atoms with E-state index in [1.807, 2.05) is 0 Å². The van der Waals surface area contributed by atoms with Crippen LogP contribution in [0.4, 0.5) is 10.5 Å². The van der Waals surface area contributed by atoms with Crippen molar-refractivity contribution in [1.29, 1.82) is 0 Å². The highest BCUT2D eigenvalue weighted by Gasteiger charge is 2.16. The molecule has 1 amide bonds. The minimum absolute atomic E-state index is 0.206. The molecule has 5 heteroatoms. The quantitative estimate of drug-likeness (QED) is 0.586. The minimum Gasteiger partial charge on any atom is -0.463 e. The van der Waals surface area contributed by atoms with Gasteiger partial charge in [0.15, 0.2) is 6.29 Å². The maximum absolute atomic E-state index is 10.7. The van der Waals surface area contributed by atoms with E-state index in [-0.39, 0.29) is 11.3 Å².